The highest BCUT2D eigenvalue weighted by Gasteiger charge is 2.38. The van der Waals surface area contributed by atoms with Crippen LogP contribution in [-0.4, -0.2) is 57.5 Å². The van der Waals surface area contributed by atoms with Crippen LogP contribution in [0.15, 0.2) is 71.6 Å². The van der Waals surface area contributed by atoms with E-state index in [0.717, 1.165) is 31.2 Å². The third-order valence-electron chi connectivity index (χ3n) is 6.19. The Labute approximate surface area is 198 Å². The molecule has 2 heterocycles. The van der Waals surface area contributed by atoms with Gasteiger partial charge in [-0.25, -0.2) is 0 Å². The first kappa shape index (κ1) is 23.5. The molecule has 6 nitrogen and oxygen atoms in total. The number of carbonyl (C=O) groups excluding carboxylic acids is 2. The number of aliphatic hydroxyl groups excluding tert-OH is 2. The molecule has 174 valence electrons. The molecule has 0 bridgehead atoms. The molecule has 3 N–H and O–H groups in total. The Kier molecular flexibility index (Phi) is 7.85. The minimum Gasteiger partial charge on any atom is -0.380 e. The number of nitrogens with zero attached hydrogens (tertiary/aromatic N) is 1. The fourth-order valence-corrected chi connectivity index (χ4v) is 5.66. The molecule has 2 aliphatic rings. The van der Waals surface area contributed by atoms with Crippen molar-refractivity contribution in [3.8, 4) is 0 Å². The van der Waals surface area contributed by atoms with Gasteiger partial charge in [-0.2, -0.15) is 0 Å². The first-order valence-electron chi connectivity index (χ1n) is 11.4. The maximum absolute atomic E-state index is 12.9. The smallest absolute Gasteiger partial charge is 0.255 e. The zero-order chi connectivity index (χ0) is 23.2. The van der Waals surface area contributed by atoms with Crippen LogP contribution in [-0.2, 0) is 16.0 Å². The summed E-state index contributed by atoms with van der Waals surface area (Å²) in [5.41, 5.74) is 2.24. The summed E-state index contributed by atoms with van der Waals surface area (Å²) in [5.74, 6) is -1.32. The van der Waals surface area contributed by atoms with E-state index >= 15 is 0 Å². The van der Waals surface area contributed by atoms with Crippen LogP contribution in [0.4, 0.5) is 0 Å². The number of hydrogen-bond acceptors (Lipinski definition) is 5. The molecule has 0 radical (unpaired) electrons. The van der Waals surface area contributed by atoms with Crippen molar-refractivity contribution in [1.82, 2.24) is 10.2 Å². The highest BCUT2D eigenvalue weighted by atomic mass is 32.2. The Bertz CT molecular complexity index is 982. The molecule has 4 atom stereocenters. The number of likely N-dealkylation sites (tertiary alicyclic amines) is 1. The summed E-state index contributed by atoms with van der Waals surface area (Å²) in [4.78, 5) is 28.2. The van der Waals surface area contributed by atoms with Gasteiger partial charge in [-0.3, -0.25) is 9.59 Å². The SMILES string of the molecule is O=C(NCC1CC=C(Cc2ccccc2)S1)[C@H](O)[C@@H](O)C(=O)N1CCCC1c1ccccc1. The predicted octanol–water partition coefficient (Wildman–Crippen LogP) is 2.82. The maximum atomic E-state index is 12.9. The lowest BCUT2D eigenvalue weighted by atomic mass is 10.0. The standard InChI is InChI=1S/C26H30N2O4S/c29-23(24(30)26(32)28-15-7-12-22(28)19-10-5-2-6-11-19)25(31)27-17-21-14-13-20(33-21)16-18-8-3-1-4-9-18/h1-6,8-11,13,21-24,29-30H,7,12,14-17H2,(H,27,31)/t21?,22?,23-,24-/m1/s1. The van der Waals surface area contributed by atoms with E-state index in [0.29, 0.717) is 13.1 Å². The molecule has 2 aromatic rings. The molecule has 2 amide bonds. The molecule has 2 aromatic carbocycles. The monoisotopic (exact) mass is 466 g/mol. The molecule has 0 aliphatic carbocycles. The van der Waals surface area contributed by atoms with E-state index in [4.69, 9.17) is 0 Å². The minimum atomic E-state index is -1.79. The largest absolute Gasteiger partial charge is 0.380 e. The Hall–Kier alpha value is -2.61. The van der Waals surface area contributed by atoms with Gasteiger partial charge in [0, 0.05) is 24.8 Å². The van der Waals surface area contributed by atoms with Gasteiger partial charge in [-0.15, -0.1) is 11.8 Å². The Morgan fingerprint density at radius 1 is 1.03 bits per heavy atom. The summed E-state index contributed by atoms with van der Waals surface area (Å²) < 4.78 is 0. The average Bonchev–Trinajstić information content (AvgIpc) is 3.52. The molecule has 0 saturated carbocycles. The Morgan fingerprint density at radius 2 is 1.73 bits per heavy atom. The maximum Gasteiger partial charge on any atom is 0.255 e. The van der Waals surface area contributed by atoms with E-state index in [9.17, 15) is 19.8 Å². The molecule has 7 heteroatoms. The van der Waals surface area contributed by atoms with Crippen molar-refractivity contribution in [3.63, 3.8) is 0 Å². The van der Waals surface area contributed by atoms with E-state index < -0.39 is 24.0 Å². The molecule has 1 saturated heterocycles. The summed E-state index contributed by atoms with van der Waals surface area (Å²) in [6.07, 6.45) is 1.91. The number of carbonyl (C=O) groups is 2. The van der Waals surface area contributed by atoms with E-state index in [1.54, 1.807) is 16.7 Å². The van der Waals surface area contributed by atoms with Crippen LogP contribution < -0.4 is 5.32 Å². The Morgan fingerprint density at radius 3 is 2.45 bits per heavy atom. The molecule has 1 fully saturated rings. The number of hydrogen-bond donors (Lipinski definition) is 3. The fraction of sp³-hybridized carbons (Fsp3) is 0.385. The predicted molar refractivity (Wildman–Crippen MR) is 129 cm³/mol. The third kappa shape index (κ3) is 5.85. The van der Waals surface area contributed by atoms with Crippen molar-refractivity contribution in [2.24, 2.45) is 0 Å². The lowest BCUT2D eigenvalue weighted by Gasteiger charge is -2.28. The van der Waals surface area contributed by atoms with Gasteiger partial charge in [-0.05, 0) is 35.3 Å². The second-order valence-corrected chi connectivity index (χ2v) is 9.97. The summed E-state index contributed by atoms with van der Waals surface area (Å²) in [6.45, 7) is 0.866. The average molecular weight is 467 g/mol. The molecule has 4 rings (SSSR count). The van der Waals surface area contributed by atoms with Crippen molar-refractivity contribution < 1.29 is 19.8 Å². The van der Waals surface area contributed by atoms with Gasteiger partial charge in [0.25, 0.3) is 11.8 Å². The number of thioether (sulfide) groups is 1. The van der Waals surface area contributed by atoms with Crippen LogP contribution in [0.25, 0.3) is 0 Å². The van der Waals surface area contributed by atoms with Gasteiger partial charge in [0.15, 0.2) is 12.2 Å². The zero-order valence-corrected chi connectivity index (χ0v) is 19.3. The van der Waals surface area contributed by atoms with Crippen LogP contribution in [0.2, 0.25) is 0 Å². The molecular formula is C26H30N2O4S. The van der Waals surface area contributed by atoms with Crippen molar-refractivity contribution in [1.29, 1.82) is 0 Å². The number of allylic oxidation sites excluding steroid dienone is 2. The van der Waals surface area contributed by atoms with Crippen LogP contribution in [0.3, 0.4) is 0 Å². The number of nitrogens with one attached hydrogen (secondary N) is 1. The van der Waals surface area contributed by atoms with Crippen molar-refractivity contribution in [3.05, 3.63) is 82.8 Å². The minimum absolute atomic E-state index is 0.146. The van der Waals surface area contributed by atoms with Crippen molar-refractivity contribution >= 4 is 23.6 Å². The normalized spacial score (nSPS) is 22.0. The highest BCUT2D eigenvalue weighted by Crippen LogP contribution is 2.34. The van der Waals surface area contributed by atoms with Gasteiger partial charge in [-0.1, -0.05) is 66.7 Å². The molecular weight excluding hydrogens is 436 g/mol. The summed E-state index contributed by atoms with van der Waals surface area (Å²) >= 11 is 1.72. The Balaban J connectivity index is 1.25. The number of rotatable bonds is 8. The van der Waals surface area contributed by atoms with Crippen LogP contribution in [0, 0.1) is 0 Å². The fourth-order valence-electron chi connectivity index (χ4n) is 4.43. The van der Waals surface area contributed by atoms with Gasteiger partial charge < -0.3 is 20.4 Å². The zero-order valence-electron chi connectivity index (χ0n) is 18.5. The number of amides is 2. The van der Waals surface area contributed by atoms with E-state index in [1.807, 2.05) is 48.5 Å². The number of aliphatic hydroxyl groups is 2. The van der Waals surface area contributed by atoms with Gasteiger partial charge in [0.1, 0.15) is 0 Å². The molecule has 2 unspecified atom stereocenters. The van der Waals surface area contributed by atoms with Gasteiger partial charge in [0.05, 0.1) is 6.04 Å². The molecule has 2 aliphatic heterocycles. The van der Waals surface area contributed by atoms with Crippen molar-refractivity contribution in [2.75, 3.05) is 13.1 Å². The third-order valence-corrected chi connectivity index (χ3v) is 7.50. The molecule has 33 heavy (non-hydrogen) atoms. The highest BCUT2D eigenvalue weighted by molar-refractivity contribution is 8.03. The van der Waals surface area contributed by atoms with Crippen LogP contribution in [0.5, 0.6) is 0 Å². The second kappa shape index (κ2) is 11.0. The summed E-state index contributed by atoms with van der Waals surface area (Å²) in [6, 6.07) is 19.7. The van der Waals surface area contributed by atoms with Crippen LogP contribution in [0.1, 0.15) is 36.4 Å². The van der Waals surface area contributed by atoms with E-state index in [-0.39, 0.29) is 11.3 Å². The van der Waals surface area contributed by atoms with Crippen molar-refractivity contribution in [2.45, 2.75) is 49.2 Å². The number of benzene rings is 2. The first-order valence-corrected chi connectivity index (χ1v) is 12.3. The van der Waals surface area contributed by atoms with E-state index in [2.05, 4.69) is 23.5 Å². The first-order chi connectivity index (χ1) is 16.0. The van der Waals surface area contributed by atoms with Crippen LogP contribution >= 0.6 is 11.8 Å². The summed E-state index contributed by atoms with van der Waals surface area (Å²) in [5, 5.41) is 23.7. The molecule has 0 aromatic heterocycles. The van der Waals surface area contributed by atoms with Gasteiger partial charge in [0.2, 0.25) is 0 Å². The summed E-state index contributed by atoms with van der Waals surface area (Å²) in [7, 11) is 0. The lowest BCUT2D eigenvalue weighted by Crippen LogP contribution is -2.51. The topological polar surface area (TPSA) is 89.9 Å². The van der Waals surface area contributed by atoms with E-state index in [1.165, 1.54) is 10.5 Å². The molecule has 0 spiro atoms. The quantitative estimate of drug-likeness (QED) is 0.557. The second-order valence-electron chi connectivity index (χ2n) is 8.54. The van der Waals surface area contributed by atoms with Gasteiger partial charge >= 0.3 is 0 Å². The lowest BCUT2D eigenvalue weighted by molar-refractivity contribution is -0.153.